The largest absolute Gasteiger partial charge is 0.321 e. The predicted molar refractivity (Wildman–Crippen MR) is 119 cm³/mol. The van der Waals surface area contributed by atoms with Crippen LogP contribution in [0.4, 0.5) is 5.69 Å². The molecule has 32 heavy (non-hydrogen) atoms. The normalized spacial score (nSPS) is 15.5. The van der Waals surface area contributed by atoms with Gasteiger partial charge in [-0.3, -0.25) is 9.78 Å². The molecule has 1 amide bonds. The summed E-state index contributed by atoms with van der Waals surface area (Å²) in [6.45, 7) is 0. The topological polar surface area (TPSA) is 98.5 Å². The number of nitrogens with one attached hydrogen (secondary N) is 1. The summed E-state index contributed by atoms with van der Waals surface area (Å²) in [4.78, 5) is 25.9. The molecule has 4 aromatic rings. The fraction of sp³-hybridized carbons (Fsp3) is 0.250. The molecule has 6 rings (SSSR count). The van der Waals surface area contributed by atoms with E-state index in [9.17, 15) is 4.79 Å². The van der Waals surface area contributed by atoms with E-state index in [0.717, 1.165) is 35.5 Å². The Kier molecular flexibility index (Phi) is 4.49. The van der Waals surface area contributed by atoms with Crippen molar-refractivity contribution in [2.24, 2.45) is 0 Å². The summed E-state index contributed by atoms with van der Waals surface area (Å²) in [5.74, 6) is 1.12. The van der Waals surface area contributed by atoms with Crippen LogP contribution in [0.25, 0.3) is 22.6 Å². The van der Waals surface area contributed by atoms with Crippen LogP contribution in [0.2, 0.25) is 0 Å². The van der Waals surface area contributed by atoms with Gasteiger partial charge in [0.05, 0.1) is 5.69 Å². The summed E-state index contributed by atoms with van der Waals surface area (Å²) < 4.78 is 2.10. The van der Waals surface area contributed by atoms with E-state index in [1.54, 1.807) is 12.4 Å². The molecular formula is C24H21N7O. The highest BCUT2D eigenvalue weighted by Gasteiger charge is 2.27. The van der Waals surface area contributed by atoms with Crippen LogP contribution in [-0.4, -0.2) is 35.6 Å². The quantitative estimate of drug-likeness (QED) is 0.497. The van der Waals surface area contributed by atoms with Crippen molar-refractivity contribution < 1.29 is 4.79 Å². The third-order valence-electron chi connectivity index (χ3n) is 5.87. The second-order valence-corrected chi connectivity index (χ2v) is 8.36. The molecule has 0 saturated heterocycles. The monoisotopic (exact) mass is 423 g/mol. The van der Waals surface area contributed by atoms with Crippen LogP contribution in [0.3, 0.4) is 0 Å². The van der Waals surface area contributed by atoms with E-state index in [2.05, 4.69) is 35.0 Å². The molecule has 158 valence electrons. The van der Waals surface area contributed by atoms with Gasteiger partial charge in [0, 0.05) is 40.7 Å². The lowest BCUT2D eigenvalue weighted by molar-refractivity contribution is 0.102. The van der Waals surface area contributed by atoms with Gasteiger partial charge in [0.1, 0.15) is 18.3 Å². The molecule has 8 heteroatoms. The Balaban J connectivity index is 1.21. The number of hydrogen-bond donors (Lipinski definition) is 1. The third-order valence-corrected chi connectivity index (χ3v) is 5.87. The molecule has 1 N–H and O–H groups in total. The van der Waals surface area contributed by atoms with Gasteiger partial charge >= 0.3 is 0 Å². The Morgan fingerprint density at radius 2 is 1.88 bits per heavy atom. The Bertz CT molecular complexity index is 1290. The standard InChI is InChI=1S/C24H21N7O/c32-24(22-11-21(26-13-27-22)17-6-9-20(25-12-17)15-4-5-15)29-18-3-1-2-16(10-18)23-30-28-14-31(23)19-7-8-19/h1-3,6,9-15,19H,4-5,7-8H2,(H,29,32). The van der Waals surface area contributed by atoms with Crippen molar-refractivity contribution in [3.63, 3.8) is 0 Å². The smallest absolute Gasteiger partial charge is 0.274 e. The van der Waals surface area contributed by atoms with E-state index in [-0.39, 0.29) is 5.91 Å². The van der Waals surface area contributed by atoms with Crippen LogP contribution in [0.5, 0.6) is 0 Å². The molecule has 8 nitrogen and oxygen atoms in total. The van der Waals surface area contributed by atoms with Crippen LogP contribution in [0, 0.1) is 0 Å². The summed E-state index contributed by atoms with van der Waals surface area (Å²) in [6.07, 6.45) is 9.72. The van der Waals surface area contributed by atoms with Gasteiger partial charge in [-0.05, 0) is 56.0 Å². The van der Waals surface area contributed by atoms with Crippen LogP contribution in [-0.2, 0) is 0 Å². The van der Waals surface area contributed by atoms with Gasteiger partial charge in [-0.1, -0.05) is 12.1 Å². The summed E-state index contributed by atoms with van der Waals surface area (Å²) in [6, 6.07) is 13.8. The predicted octanol–water partition coefficient (Wildman–Crippen LogP) is 4.26. The molecule has 3 heterocycles. The fourth-order valence-corrected chi connectivity index (χ4v) is 3.82. The molecule has 2 aliphatic carbocycles. The van der Waals surface area contributed by atoms with Crippen molar-refractivity contribution in [2.45, 2.75) is 37.6 Å². The molecule has 0 unspecified atom stereocenters. The molecule has 1 aromatic carbocycles. The van der Waals surface area contributed by atoms with E-state index in [4.69, 9.17) is 0 Å². The highest BCUT2D eigenvalue weighted by atomic mass is 16.1. The number of amides is 1. The van der Waals surface area contributed by atoms with Gasteiger partial charge in [0.15, 0.2) is 5.82 Å². The van der Waals surface area contributed by atoms with Gasteiger partial charge in [0.2, 0.25) is 0 Å². The highest BCUT2D eigenvalue weighted by molar-refractivity contribution is 6.03. The lowest BCUT2D eigenvalue weighted by atomic mass is 10.1. The van der Waals surface area contributed by atoms with Crippen molar-refractivity contribution >= 4 is 11.6 Å². The first kappa shape index (κ1) is 18.8. The number of carbonyl (C=O) groups is 1. The summed E-state index contributed by atoms with van der Waals surface area (Å²) in [7, 11) is 0. The molecule has 0 bridgehead atoms. The summed E-state index contributed by atoms with van der Waals surface area (Å²) >= 11 is 0. The Hall–Kier alpha value is -3.94. The molecule has 2 fully saturated rings. The second kappa shape index (κ2) is 7.64. The maximum atomic E-state index is 12.9. The van der Waals surface area contributed by atoms with Crippen LogP contribution in [0.1, 0.15) is 53.8 Å². The minimum absolute atomic E-state index is 0.294. The van der Waals surface area contributed by atoms with Gasteiger partial charge in [-0.25, -0.2) is 9.97 Å². The van der Waals surface area contributed by atoms with Crippen molar-refractivity contribution in [3.8, 4) is 22.6 Å². The summed E-state index contributed by atoms with van der Waals surface area (Å²) in [5, 5.41) is 11.3. The van der Waals surface area contributed by atoms with Crippen molar-refractivity contribution in [1.29, 1.82) is 0 Å². The van der Waals surface area contributed by atoms with Crippen LogP contribution >= 0.6 is 0 Å². The average molecular weight is 423 g/mol. The lowest BCUT2D eigenvalue weighted by Gasteiger charge is -2.09. The van der Waals surface area contributed by atoms with E-state index in [0.29, 0.717) is 29.0 Å². The Labute approximate surface area is 184 Å². The Morgan fingerprint density at radius 3 is 2.66 bits per heavy atom. The fourth-order valence-electron chi connectivity index (χ4n) is 3.82. The molecule has 0 radical (unpaired) electrons. The molecule has 0 aliphatic heterocycles. The minimum atomic E-state index is -0.294. The molecule has 3 aromatic heterocycles. The van der Waals surface area contributed by atoms with E-state index in [1.807, 2.05) is 42.6 Å². The van der Waals surface area contributed by atoms with Gasteiger partial charge in [-0.15, -0.1) is 10.2 Å². The van der Waals surface area contributed by atoms with Crippen molar-refractivity contribution in [3.05, 3.63) is 72.7 Å². The van der Waals surface area contributed by atoms with E-state index < -0.39 is 0 Å². The average Bonchev–Trinajstić information content (AvgIpc) is 3.78. The zero-order valence-electron chi connectivity index (χ0n) is 17.3. The molecular weight excluding hydrogens is 402 g/mol. The van der Waals surface area contributed by atoms with E-state index >= 15 is 0 Å². The number of nitrogens with zero attached hydrogens (tertiary/aromatic N) is 6. The van der Waals surface area contributed by atoms with Gasteiger partial charge < -0.3 is 9.88 Å². The zero-order valence-corrected chi connectivity index (χ0v) is 17.3. The van der Waals surface area contributed by atoms with Crippen molar-refractivity contribution in [2.75, 3.05) is 5.32 Å². The number of aromatic nitrogens is 6. The minimum Gasteiger partial charge on any atom is -0.321 e. The van der Waals surface area contributed by atoms with E-state index in [1.165, 1.54) is 19.2 Å². The number of carbonyl (C=O) groups excluding carboxylic acids is 1. The molecule has 2 saturated carbocycles. The maximum Gasteiger partial charge on any atom is 0.274 e. The highest BCUT2D eigenvalue weighted by Crippen LogP contribution is 2.39. The first-order valence-corrected chi connectivity index (χ1v) is 10.8. The van der Waals surface area contributed by atoms with Crippen LogP contribution < -0.4 is 5.32 Å². The molecule has 0 atom stereocenters. The molecule has 2 aliphatic rings. The number of anilines is 1. The Morgan fingerprint density at radius 1 is 0.969 bits per heavy atom. The molecule has 0 spiro atoms. The zero-order chi connectivity index (χ0) is 21.5. The second-order valence-electron chi connectivity index (χ2n) is 8.36. The number of hydrogen-bond acceptors (Lipinski definition) is 6. The summed E-state index contributed by atoms with van der Waals surface area (Å²) in [5.41, 5.74) is 4.55. The first-order valence-electron chi connectivity index (χ1n) is 10.8. The van der Waals surface area contributed by atoms with Gasteiger partial charge in [-0.2, -0.15) is 0 Å². The lowest BCUT2D eigenvalue weighted by Crippen LogP contribution is -2.14. The number of rotatable bonds is 6. The van der Waals surface area contributed by atoms with Gasteiger partial charge in [0.25, 0.3) is 5.91 Å². The number of pyridine rings is 1. The van der Waals surface area contributed by atoms with Crippen molar-refractivity contribution in [1.82, 2.24) is 29.7 Å². The van der Waals surface area contributed by atoms with Crippen LogP contribution in [0.15, 0.2) is 61.3 Å². The third kappa shape index (κ3) is 3.75. The SMILES string of the molecule is O=C(Nc1cccc(-c2nncn2C2CC2)c1)c1cc(-c2ccc(C3CC3)nc2)ncn1. The first-order chi connectivity index (χ1) is 15.7. The maximum absolute atomic E-state index is 12.9. The number of benzene rings is 1.